The molecule has 0 spiro atoms. The lowest BCUT2D eigenvalue weighted by atomic mass is 10.1. The van der Waals surface area contributed by atoms with E-state index in [9.17, 15) is 14.8 Å². The van der Waals surface area contributed by atoms with Gasteiger partial charge in [0.1, 0.15) is 41.7 Å². The van der Waals surface area contributed by atoms with Gasteiger partial charge in [0.25, 0.3) is 0 Å². The van der Waals surface area contributed by atoms with Gasteiger partial charge in [-0.25, -0.2) is 14.5 Å². The van der Waals surface area contributed by atoms with Crippen molar-refractivity contribution < 1.29 is 38.6 Å². The molecule has 1 aliphatic heterocycles. The molecule has 0 radical (unpaired) electrons. The van der Waals surface area contributed by atoms with Gasteiger partial charge in [0.05, 0.1) is 13.7 Å². The van der Waals surface area contributed by atoms with Crippen molar-refractivity contribution in [3.63, 3.8) is 0 Å². The van der Waals surface area contributed by atoms with Gasteiger partial charge in [-0.1, -0.05) is 6.07 Å². The molecule has 11 nitrogen and oxygen atoms in total. The Balaban J connectivity index is 1.79. The zero-order valence-corrected chi connectivity index (χ0v) is 14.5. The first-order chi connectivity index (χ1) is 12.3. The van der Waals surface area contributed by atoms with Crippen molar-refractivity contribution in [2.24, 2.45) is 0 Å². The normalized spacial score (nSPS) is 26.2. The molecule has 1 saturated heterocycles. The van der Waals surface area contributed by atoms with Crippen LogP contribution in [0.3, 0.4) is 0 Å². The van der Waals surface area contributed by atoms with E-state index in [4.69, 9.17) is 19.3 Å². The summed E-state index contributed by atoms with van der Waals surface area (Å²) in [5, 5.41) is 23.6. The molecule has 1 aromatic heterocycles. The van der Waals surface area contributed by atoms with Gasteiger partial charge in [0.15, 0.2) is 6.23 Å². The van der Waals surface area contributed by atoms with Crippen LogP contribution < -0.4 is 10.1 Å². The lowest BCUT2D eigenvalue weighted by Crippen LogP contribution is -2.36. The van der Waals surface area contributed by atoms with Crippen LogP contribution in [0.2, 0.25) is 0 Å². The van der Waals surface area contributed by atoms with E-state index in [0.29, 0.717) is 22.5 Å². The summed E-state index contributed by atoms with van der Waals surface area (Å²) < 4.78 is 25.8. The van der Waals surface area contributed by atoms with Crippen molar-refractivity contribution in [3.05, 3.63) is 24.5 Å². The van der Waals surface area contributed by atoms with Gasteiger partial charge >= 0.3 is 7.82 Å². The molecule has 0 unspecified atom stereocenters. The number of phosphoric ester groups is 1. The predicted molar refractivity (Wildman–Crippen MR) is 88.4 cm³/mol. The molecule has 4 atom stereocenters. The van der Waals surface area contributed by atoms with Crippen molar-refractivity contribution in [3.8, 4) is 5.75 Å². The van der Waals surface area contributed by atoms with E-state index < -0.39 is 39.0 Å². The SMILES string of the molecule is COc1cccc2c(N[C@@H]3O[C@H](COP(=O)(O)O)[C@@H](O)[C@H]3O)ncnc12. The molecule has 0 bridgehead atoms. The lowest BCUT2D eigenvalue weighted by molar-refractivity contribution is -0.0151. The predicted octanol–water partition coefficient (Wildman–Crippen LogP) is -0.394. The summed E-state index contributed by atoms with van der Waals surface area (Å²) in [7, 11) is -3.21. The number of benzene rings is 1. The third kappa shape index (κ3) is 3.94. The van der Waals surface area contributed by atoms with Crippen molar-refractivity contribution in [1.82, 2.24) is 9.97 Å². The second kappa shape index (κ2) is 7.41. The van der Waals surface area contributed by atoms with Gasteiger partial charge < -0.3 is 34.8 Å². The van der Waals surface area contributed by atoms with Gasteiger partial charge in [-0.2, -0.15) is 0 Å². The first-order valence-electron chi connectivity index (χ1n) is 7.56. The minimum absolute atomic E-state index is 0.335. The number of hydrogen-bond donors (Lipinski definition) is 5. The maximum atomic E-state index is 10.8. The number of para-hydroxylation sites is 1. The van der Waals surface area contributed by atoms with E-state index in [2.05, 4.69) is 19.8 Å². The second-order valence-electron chi connectivity index (χ2n) is 5.59. The number of aromatic nitrogens is 2. The molecule has 3 rings (SSSR count). The summed E-state index contributed by atoms with van der Waals surface area (Å²) >= 11 is 0. The summed E-state index contributed by atoms with van der Waals surface area (Å²) in [4.78, 5) is 25.8. The quantitative estimate of drug-likeness (QED) is 0.410. The minimum Gasteiger partial charge on any atom is -0.494 e. The highest BCUT2D eigenvalue weighted by Gasteiger charge is 2.44. The molecule has 2 heterocycles. The Morgan fingerprint density at radius 2 is 2.04 bits per heavy atom. The van der Waals surface area contributed by atoms with Gasteiger partial charge in [0.2, 0.25) is 0 Å². The summed E-state index contributed by atoms with van der Waals surface area (Å²) in [5.74, 6) is 0.871. The van der Waals surface area contributed by atoms with E-state index >= 15 is 0 Å². The molecular weight excluding hydrogens is 369 g/mol. The molecule has 12 heteroatoms. The molecule has 1 fully saturated rings. The number of aliphatic hydroxyl groups is 2. The van der Waals surface area contributed by atoms with Gasteiger partial charge in [0, 0.05) is 5.39 Å². The van der Waals surface area contributed by atoms with E-state index in [1.165, 1.54) is 13.4 Å². The maximum Gasteiger partial charge on any atom is 0.469 e. The topological polar surface area (TPSA) is 163 Å². The molecule has 26 heavy (non-hydrogen) atoms. The highest BCUT2D eigenvalue weighted by molar-refractivity contribution is 7.46. The summed E-state index contributed by atoms with van der Waals surface area (Å²) in [6, 6.07) is 5.22. The fraction of sp³-hybridized carbons (Fsp3) is 0.429. The fourth-order valence-electron chi connectivity index (χ4n) is 2.65. The Hall–Kier alpha value is -1.85. The third-order valence-corrected chi connectivity index (χ3v) is 4.38. The number of anilines is 1. The number of methoxy groups -OCH3 is 1. The maximum absolute atomic E-state index is 10.8. The molecule has 2 aromatic rings. The van der Waals surface area contributed by atoms with Crippen LogP contribution in [0.5, 0.6) is 5.75 Å². The molecule has 1 aliphatic rings. The van der Waals surface area contributed by atoms with Crippen molar-refractivity contribution in [2.75, 3.05) is 19.0 Å². The number of ether oxygens (including phenoxy) is 2. The van der Waals surface area contributed by atoms with E-state index in [-0.39, 0.29) is 0 Å². The van der Waals surface area contributed by atoms with Crippen molar-refractivity contribution in [2.45, 2.75) is 24.5 Å². The zero-order chi connectivity index (χ0) is 18.9. The summed E-state index contributed by atoms with van der Waals surface area (Å²) in [6.45, 7) is -0.584. The van der Waals surface area contributed by atoms with Crippen LogP contribution in [0.1, 0.15) is 0 Å². The highest BCUT2D eigenvalue weighted by Crippen LogP contribution is 2.37. The number of nitrogens with zero attached hydrogens (tertiary/aromatic N) is 2. The van der Waals surface area contributed by atoms with Crippen LogP contribution in [0.4, 0.5) is 5.82 Å². The molecule has 0 saturated carbocycles. The van der Waals surface area contributed by atoms with E-state index in [1.54, 1.807) is 18.2 Å². The van der Waals surface area contributed by atoms with Crippen molar-refractivity contribution >= 4 is 24.5 Å². The van der Waals surface area contributed by atoms with E-state index in [1.807, 2.05) is 0 Å². The first-order valence-corrected chi connectivity index (χ1v) is 9.09. The smallest absolute Gasteiger partial charge is 0.469 e. The van der Waals surface area contributed by atoms with Gasteiger partial charge in [-0.15, -0.1) is 0 Å². The first kappa shape index (κ1) is 18.9. The Morgan fingerprint density at radius 1 is 1.27 bits per heavy atom. The zero-order valence-electron chi connectivity index (χ0n) is 13.6. The highest BCUT2D eigenvalue weighted by atomic mass is 31.2. The Morgan fingerprint density at radius 3 is 2.73 bits per heavy atom. The van der Waals surface area contributed by atoms with Crippen LogP contribution in [0.15, 0.2) is 24.5 Å². The van der Waals surface area contributed by atoms with Gasteiger partial charge in [-0.05, 0) is 12.1 Å². The minimum atomic E-state index is -4.72. The van der Waals surface area contributed by atoms with Crippen LogP contribution in [0.25, 0.3) is 10.9 Å². The van der Waals surface area contributed by atoms with Crippen LogP contribution in [-0.4, -0.2) is 68.2 Å². The average molecular weight is 387 g/mol. The van der Waals surface area contributed by atoms with Crippen molar-refractivity contribution in [1.29, 1.82) is 0 Å². The Bertz CT molecular complexity index is 831. The molecule has 142 valence electrons. The number of rotatable bonds is 6. The number of hydrogen-bond acceptors (Lipinski definition) is 9. The average Bonchev–Trinajstić information content (AvgIpc) is 2.87. The molecule has 0 amide bonds. The standard InChI is InChI=1S/C14H18N3O8P/c1-23-8-4-2-3-7-10(8)15-6-16-13(7)17-14-12(19)11(18)9(25-14)5-24-26(20,21)22/h2-4,6,9,11-12,14,18-19H,5H2,1H3,(H,15,16,17)(H2,20,21,22)/t9-,11-,12-,14-/m1/s1. The summed E-state index contributed by atoms with van der Waals surface area (Å²) in [6.07, 6.45) is -3.66. The number of phosphoric acid groups is 1. The fourth-order valence-corrected chi connectivity index (χ4v) is 2.99. The Labute approximate surface area is 147 Å². The largest absolute Gasteiger partial charge is 0.494 e. The molecule has 5 N–H and O–H groups in total. The lowest BCUT2D eigenvalue weighted by Gasteiger charge is -2.18. The third-order valence-electron chi connectivity index (χ3n) is 3.90. The molecule has 0 aliphatic carbocycles. The monoisotopic (exact) mass is 387 g/mol. The van der Waals surface area contributed by atoms with Crippen LogP contribution in [0, 0.1) is 0 Å². The van der Waals surface area contributed by atoms with Gasteiger partial charge in [-0.3, -0.25) is 4.52 Å². The number of nitrogens with one attached hydrogen (secondary N) is 1. The summed E-state index contributed by atoms with van der Waals surface area (Å²) in [5.41, 5.74) is 0.543. The number of fused-ring (bicyclic) bond motifs is 1. The molecule has 1 aromatic carbocycles. The van der Waals surface area contributed by atoms with E-state index in [0.717, 1.165) is 0 Å². The van der Waals surface area contributed by atoms with Crippen LogP contribution >= 0.6 is 7.82 Å². The Kier molecular flexibility index (Phi) is 5.39. The van der Waals surface area contributed by atoms with Crippen LogP contribution in [-0.2, 0) is 13.8 Å². The number of aliphatic hydroxyl groups excluding tert-OH is 2. The second-order valence-corrected chi connectivity index (χ2v) is 6.83. The molecular formula is C14H18N3O8P.